The lowest BCUT2D eigenvalue weighted by atomic mass is 9.81. The molecule has 0 heterocycles. The Bertz CT molecular complexity index is 427. The summed E-state index contributed by atoms with van der Waals surface area (Å²) in [7, 11) is 0. The normalized spacial score (nSPS) is 18.4. The molecule has 1 aromatic carbocycles. The van der Waals surface area contributed by atoms with Crippen molar-refractivity contribution >= 4 is 11.6 Å². The molecule has 1 atom stereocenters. The van der Waals surface area contributed by atoms with E-state index in [1.54, 1.807) is 6.07 Å². The first-order valence-corrected chi connectivity index (χ1v) is 8.75. The average Bonchev–Trinajstić information content (AvgIpc) is 2.74. The van der Waals surface area contributed by atoms with Crippen LogP contribution in [0.5, 0.6) is 0 Å². The third-order valence-electron chi connectivity index (χ3n) is 4.62. The highest BCUT2D eigenvalue weighted by molar-refractivity contribution is 6.31. The Morgan fingerprint density at radius 3 is 2.57 bits per heavy atom. The molecule has 1 N–H and O–H groups in total. The highest BCUT2D eigenvalue weighted by Crippen LogP contribution is 2.37. The second kappa shape index (κ2) is 8.75. The zero-order valence-corrected chi connectivity index (χ0v) is 13.8. The molecule has 3 heteroatoms. The summed E-state index contributed by atoms with van der Waals surface area (Å²) in [6, 6.07) is 4.89. The third kappa shape index (κ3) is 4.96. The number of hydrogen-bond donors (Lipinski definition) is 1. The zero-order valence-electron chi connectivity index (χ0n) is 13.0. The lowest BCUT2D eigenvalue weighted by Crippen LogP contribution is -2.27. The van der Waals surface area contributed by atoms with Crippen molar-refractivity contribution in [3.63, 3.8) is 0 Å². The van der Waals surface area contributed by atoms with Crippen LogP contribution in [0, 0.1) is 11.7 Å². The third-order valence-corrected chi connectivity index (χ3v) is 4.95. The predicted molar refractivity (Wildman–Crippen MR) is 88.5 cm³/mol. The van der Waals surface area contributed by atoms with E-state index in [1.165, 1.54) is 44.6 Å². The van der Waals surface area contributed by atoms with Gasteiger partial charge < -0.3 is 5.32 Å². The molecular weight excluding hydrogens is 285 g/mol. The Hall–Kier alpha value is -0.600. The van der Waals surface area contributed by atoms with E-state index in [9.17, 15) is 4.39 Å². The molecule has 0 aromatic heterocycles. The Kier molecular flexibility index (Phi) is 6.98. The second-order valence-corrected chi connectivity index (χ2v) is 6.64. The summed E-state index contributed by atoms with van der Waals surface area (Å²) in [4.78, 5) is 0. The molecule has 2 rings (SSSR count). The average molecular weight is 312 g/mol. The van der Waals surface area contributed by atoms with Crippen molar-refractivity contribution in [1.29, 1.82) is 0 Å². The quantitative estimate of drug-likeness (QED) is 0.538. The number of nitrogens with one attached hydrogen (secondary N) is 1. The van der Waals surface area contributed by atoms with Gasteiger partial charge in [0.25, 0.3) is 0 Å². The van der Waals surface area contributed by atoms with Crippen LogP contribution in [0.3, 0.4) is 0 Å². The maximum atomic E-state index is 13.3. The predicted octanol–water partition coefficient (Wildman–Crippen LogP) is 5.53. The van der Waals surface area contributed by atoms with Crippen LogP contribution in [0.1, 0.15) is 63.4 Å². The maximum absolute atomic E-state index is 13.3. The Balaban J connectivity index is 2.17. The van der Waals surface area contributed by atoms with E-state index >= 15 is 0 Å². The first kappa shape index (κ1) is 16.8. The van der Waals surface area contributed by atoms with E-state index in [-0.39, 0.29) is 5.82 Å². The molecule has 1 unspecified atom stereocenters. The van der Waals surface area contributed by atoms with Crippen LogP contribution in [-0.4, -0.2) is 13.1 Å². The van der Waals surface area contributed by atoms with Gasteiger partial charge in [-0.2, -0.15) is 0 Å². The number of hydrogen-bond acceptors (Lipinski definition) is 1. The summed E-state index contributed by atoms with van der Waals surface area (Å²) in [5, 5.41) is 4.13. The Morgan fingerprint density at radius 2 is 1.95 bits per heavy atom. The molecule has 0 amide bonds. The van der Waals surface area contributed by atoms with Gasteiger partial charge in [-0.05, 0) is 49.4 Å². The summed E-state index contributed by atoms with van der Waals surface area (Å²) in [5.74, 6) is 0.826. The molecule has 0 spiro atoms. The molecule has 0 radical (unpaired) electrons. The smallest absolute Gasteiger partial charge is 0.124 e. The fourth-order valence-corrected chi connectivity index (χ4v) is 3.79. The van der Waals surface area contributed by atoms with Crippen LogP contribution in [-0.2, 0) is 0 Å². The first-order chi connectivity index (χ1) is 10.2. The van der Waals surface area contributed by atoms with E-state index in [1.807, 2.05) is 6.07 Å². The molecule has 21 heavy (non-hydrogen) atoms. The highest BCUT2D eigenvalue weighted by atomic mass is 35.5. The number of rotatable bonds is 6. The minimum absolute atomic E-state index is 0.245. The van der Waals surface area contributed by atoms with Gasteiger partial charge in [0.2, 0.25) is 0 Å². The van der Waals surface area contributed by atoms with Gasteiger partial charge in [-0.15, -0.1) is 0 Å². The van der Waals surface area contributed by atoms with Gasteiger partial charge in [0.05, 0.1) is 0 Å². The van der Waals surface area contributed by atoms with E-state index in [4.69, 9.17) is 11.6 Å². The topological polar surface area (TPSA) is 12.0 Å². The van der Waals surface area contributed by atoms with E-state index in [0.717, 1.165) is 25.1 Å². The van der Waals surface area contributed by atoms with Crippen molar-refractivity contribution in [3.8, 4) is 0 Å². The molecule has 0 aliphatic heterocycles. The summed E-state index contributed by atoms with van der Waals surface area (Å²) < 4.78 is 13.3. The maximum Gasteiger partial charge on any atom is 0.124 e. The van der Waals surface area contributed by atoms with Gasteiger partial charge in [-0.1, -0.05) is 50.3 Å². The van der Waals surface area contributed by atoms with Crippen molar-refractivity contribution in [2.75, 3.05) is 13.1 Å². The molecule has 0 bridgehead atoms. The molecule has 1 aliphatic rings. The summed E-state index contributed by atoms with van der Waals surface area (Å²) in [5.41, 5.74) is 1.12. The standard InChI is InChI=1S/C18H27ClFN/c1-2-11-21-13-17(14-7-5-3-4-6-8-14)16-10-9-15(20)12-18(16)19/h9-10,12,14,17,21H,2-8,11,13H2,1H3. The van der Waals surface area contributed by atoms with Crippen LogP contribution in [0.2, 0.25) is 5.02 Å². The summed E-state index contributed by atoms with van der Waals surface area (Å²) in [6.07, 6.45) is 9.00. The van der Waals surface area contributed by atoms with Crippen LogP contribution in [0.4, 0.5) is 4.39 Å². The van der Waals surface area contributed by atoms with Gasteiger partial charge >= 0.3 is 0 Å². The van der Waals surface area contributed by atoms with Crippen molar-refractivity contribution in [2.24, 2.45) is 5.92 Å². The van der Waals surface area contributed by atoms with Gasteiger partial charge in [0.15, 0.2) is 0 Å². The zero-order chi connectivity index (χ0) is 15.1. The Labute approximate surface area is 133 Å². The Morgan fingerprint density at radius 1 is 1.24 bits per heavy atom. The van der Waals surface area contributed by atoms with Crippen LogP contribution in [0.15, 0.2) is 18.2 Å². The molecular formula is C18H27ClFN. The van der Waals surface area contributed by atoms with E-state index in [0.29, 0.717) is 16.9 Å². The van der Waals surface area contributed by atoms with E-state index < -0.39 is 0 Å². The van der Waals surface area contributed by atoms with Gasteiger partial charge in [-0.25, -0.2) is 4.39 Å². The molecule has 1 aliphatic carbocycles. The van der Waals surface area contributed by atoms with Gasteiger partial charge in [0, 0.05) is 17.5 Å². The van der Waals surface area contributed by atoms with Crippen molar-refractivity contribution in [3.05, 3.63) is 34.6 Å². The summed E-state index contributed by atoms with van der Waals surface area (Å²) in [6.45, 7) is 4.16. The molecule has 1 saturated carbocycles. The summed E-state index contributed by atoms with van der Waals surface area (Å²) >= 11 is 6.33. The van der Waals surface area contributed by atoms with Crippen LogP contribution >= 0.6 is 11.6 Å². The largest absolute Gasteiger partial charge is 0.316 e. The minimum Gasteiger partial charge on any atom is -0.316 e. The fourth-order valence-electron chi connectivity index (χ4n) is 3.48. The monoisotopic (exact) mass is 311 g/mol. The lowest BCUT2D eigenvalue weighted by Gasteiger charge is -2.28. The second-order valence-electron chi connectivity index (χ2n) is 6.23. The molecule has 0 saturated heterocycles. The van der Waals surface area contributed by atoms with Crippen molar-refractivity contribution in [1.82, 2.24) is 5.32 Å². The molecule has 1 nitrogen and oxygen atoms in total. The highest BCUT2D eigenvalue weighted by Gasteiger charge is 2.25. The fraction of sp³-hybridized carbons (Fsp3) is 0.667. The minimum atomic E-state index is -0.245. The molecule has 118 valence electrons. The lowest BCUT2D eigenvalue weighted by molar-refractivity contribution is 0.361. The molecule has 1 fully saturated rings. The van der Waals surface area contributed by atoms with E-state index in [2.05, 4.69) is 12.2 Å². The van der Waals surface area contributed by atoms with Gasteiger partial charge in [-0.3, -0.25) is 0 Å². The molecule has 1 aromatic rings. The first-order valence-electron chi connectivity index (χ1n) is 8.38. The van der Waals surface area contributed by atoms with Crippen molar-refractivity contribution < 1.29 is 4.39 Å². The van der Waals surface area contributed by atoms with Gasteiger partial charge in [0.1, 0.15) is 5.82 Å². The van der Waals surface area contributed by atoms with Crippen LogP contribution in [0.25, 0.3) is 0 Å². The SMILES string of the molecule is CCCNCC(c1ccc(F)cc1Cl)C1CCCCCC1. The van der Waals surface area contributed by atoms with Crippen LogP contribution < -0.4 is 5.32 Å². The number of benzene rings is 1. The number of halogens is 2. The van der Waals surface area contributed by atoms with Crippen molar-refractivity contribution in [2.45, 2.75) is 57.8 Å².